The molecule has 1 heterocycles. The fourth-order valence-electron chi connectivity index (χ4n) is 2.68. The largest absolute Gasteiger partial charge is 0.480 e. The number of unbranched alkanes of at least 4 members (excludes halogenated alkanes) is 1. The van der Waals surface area contributed by atoms with Crippen molar-refractivity contribution in [1.29, 1.82) is 0 Å². The molecule has 2 amide bonds. The van der Waals surface area contributed by atoms with Gasteiger partial charge in [-0.15, -0.1) is 11.8 Å². The van der Waals surface area contributed by atoms with E-state index in [-0.39, 0.29) is 11.4 Å². The lowest BCUT2D eigenvalue weighted by Crippen LogP contribution is -2.50. The van der Waals surface area contributed by atoms with E-state index in [2.05, 4.69) is 19.2 Å². The minimum Gasteiger partial charge on any atom is -0.480 e. The molecule has 0 spiro atoms. The number of thioether (sulfide) groups is 1. The summed E-state index contributed by atoms with van der Waals surface area (Å²) in [5.41, 5.74) is 0. The van der Waals surface area contributed by atoms with Gasteiger partial charge in [-0.05, 0) is 31.1 Å². The Balaban J connectivity index is 1.81. The predicted octanol–water partition coefficient (Wildman–Crippen LogP) is 2.76. The molecule has 2 fully saturated rings. The van der Waals surface area contributed by atoms with Crippen LogP contribution < -0.4 is 5.32 Å². The average Bonchev–Trinajstić information content (AvgIpc) is 3.15. The van der Waals surface area contributed by atoms with Crippen molar-refractivity contribution in [2.24, 2.45) is 11.8 Å². The lowest BCUT2D eigenvalue weighted by molar-refractivity contribution is -0.141. The molecule has 2 atom stereocenters. The van der Waals surface area contributed by atoms with Gasteiger partial charge in [0.15, 0.2) is 0 Å². The zero-order chi connectivity index (χ0) is 15.4. The lowest BCUT2D eigenvalue weighted by Gasteiger charge is -2.27. The van der Waals surface area contributed by atoms with Crippen molar-refractivity contribution >= 4 is 23.8 Å². The summed E-state index contributed by atoms with van der Waals surface area (Å²) in [6, 6.07) is -0.870. The number of urea groups is 1. The van der Waals surface area contributed by atoms with Crippen LogP contribution in [-0.2, 0) is 4.79 Å². The van der Waals surface area contributed by atoms with E-state index in [9.17, 15) is 14.7 Å². The van der Waals surface area contributed by atoms with Gasteiger partial charge in [-0.25, -0.2) is 9.59 Å². The first-order chi connectivity index (χ1) is 10.0. The van der Waals surface area contributed by atoms with E-state index in [1.807, 2.05) is 0 Å². The molecule has 1 saturated heterocycles. The fourth-order valence-corrected chi connectivity index (χ4v) is 4.31. The molecule has 0 aromatic rings. The summed E-state index contributed by atoms with van der Waals surface area (Å²) in [4.78, 5) is 25.2. The third kappa shape index (κ3) is 4.53. The minimum absolute atomic E-state index is 0.0572. The van der Waals surface area contributed by atoms with Crippen LogP contribution >= 0.6 is 11.8 Å². The second-order valence-corrected chi connectivity index (χ2v) is 7.59. The zero-order valence-corrected chi connectivity index (χ0v) is 13.7. The molecule has 1 saturated carbocycles. The molecule has 0 aromatic carbocycles. The maximum atomic E-state index is 12.3. The van der Waals surface area contributed by atoms with Crippen molar-refractivity contribution in [3.05, 3.63) is 0 Å². The number of carbonyl (C=O) groups is 2. The van der Waals surface area contributed by atoms with Crippen molar-refractivity contribution in [2.45, 2.75) is 57.4 Å². The second-order valence-electron chi connectivity index (χ2n) is 6.44. The van der Waals surface area contributed by atoms with Crippen LogP contribution in [-0.4, -0.2) is 45.7 Å². The minimum atomic E-state index is -0.888. The molecule has 1 aliphatic carbocycles. The first-order valence-electron chi connectivity index (χ1n) is 7.91. The molecule has 2 rings (SSSR count). The topological polar surface area (TPSA) is 69.6 Å². The van der Waals surface area contributed by atoms with Crippen LogP contribution in [0.1, 0.15) is 46.0 Å². The van der Waals surface area contributed by atoms with Gasteiger partial charge in [-0.3, -0.25) is 4.90 Å². The Morgan fingerprint density at radius 2 is 2.05 bits per heavy atom. The van der Waals surface area contributed by atoms with Gasteiger partial charge >= 0.3 is 12.0 Å². The molecule has 2 N–H and O–H groups in total. The maximum absolute atomic E-state index is 12.3. The van der Waals surface area contributed by atoms with Crippen LogP contribution in [0, 0.1) is 11.8 Å². The van der Waals surface area contributed by atoms with Crippen molar-refractivity contribution in [3.8, 4) is 0 Å². The molecule has 6 heteroatoms. The lowest BCUT2D eigenvalue weighted by atomic mass is 10.1. The molecule has 1 aliphatic heterocycles. The first-order valence-corrected chi connectivity index (χ1v) is 8.96. The Morgan fingerprint density at radius 3 is 2.62 bits per heavy atom. The maximum Gasteiger partial charge on any atom is 0.327 e. The number of amides is 2. The molecule has 21 heavy (non-hydrogen) atoms. The highest BCUT2D eigenvalue weighted by Crippen LogP contribution is 2.45. The average molecular weight is 314 g/mol. The van der Waals surface area contributed by atoms with Crippen LogP contribution in [0.2, 0.25) is 0 Å². The summed E-state index contributed by atoms with van der Waals surface area (Å²) >= 11 is 1.62. The van der Waals surface area contributed by atoms with Crippen molar-refractivity contribution in [2.75, 3.05) is 12.3 Å². The second kappa shape index (κ2) is 7.38. The van der Waals surface area contributed by atoms with Crippen molar-refractivity contribution in [3.63, 3.8) is 0 Å². The van der Waals surface area contributed by atoms with E-state index in [1.165, 1.54) is 0 Å². The highest BCUT2D eigenvalue weighted by Gasteiger charge is 2.47. The molecule has 0 radical (unpaired) electrons. The van der Waals surface area contributed by atoms with Crippen LogP contribution in [0.4, 0.5) is 4.79 Å². The molecule has 2 aliphatic rings. The number of nitrogens with one attached hydrogen (secondary N) is 1. The van der Waals surface area contributed by atoms with E-state index in [0.717, 1.165) is 32.1 Å². The zero-order valence-electron chi connectivity index (χ0n) is 12.9. The number of aliphatic carboxylic acids is 1. The Morgan fingerprint density at radius 1 is 1.33 bits per heavy atom. The number of carbonyl (C=O) groups excluding carboxylic acids is 1. The number of rotatable bonds is 7. The van der Waals surface area contributed by atoms with Crippen LogP contribution in [0.15, 0.2) is 0 Å². The van der Waals surface area contributed by atoms with E-state index in [4.69, 9.17) is 0 Å². The Kier molecular flexibility index (Phi) is 5.79. The van der Waals surface area contributed by atoms with E-state index in [0.29, 0.717) is 24.1 Å². The number of hydrogen-bond donors (Lipinski definition) is 2. The van der Waals surface area contributed by atoms with Crippen molar-refractivity contribution in [1.82, 2.24) is 10.2 Å². The molecule has 0 bridgehead atoms. The molecule has 0 aromatic heterocycles. The Bertz CT molecular complexity index is 385. The molecule has 5 nitrogen and oxygen atoms in total. The monoisotopic (exact) mass is 314 g/mol. The highest BCUT2D eigenvalue weighted by molar-refractivity contribution is 8.00. The number of carboxylic acid groups (broad SMARTS) is 1. The molecule has 120 valence electrons. The summed E-state index contributed by atoms with van der Waals surface area (Å²) in [7, 11) is 0. The van der Waals surface area contributed by atoms with Gasteiger partial charge < -0.3 is 10.4 Å². The molecular weight excluding hydrogens is 288 g/mol. The van der Waals surface area contributed by atoms with Gasteiger partial charge in [0.05, 0.1) is 5.37 Å². The van der Waals surface area contributed by atoms with E-state index in [1.54, 1.807) is 16.7 Å². The summed E-state index contributed by atoms with van der Waals surface area (Å²) in [5.74, 6) is 0.801. The van der Waals surface area contributed by atoms with Gasteiger partial charge in [0.2, 0.25) is 0 Å². The quantitative estimate of drug-likeness (QED) is 0.709. The standard InChI is InChI=1S/C15H26N2O3S/c1-10(2)5-3-4-8-16-15(20)17-12(14(18)19)9-21-13(17)11-6-7-11/h10-13H,3-9H2,1-2H3,(H,16,20)(H,18,19). The van der Waals surface area contributed by atoms with Crippen LogP contribution in [0.3, 0.4) is 0 Å². The van der Waals surface area contributed by atoms with Crippen LogP contribution in [0.5, 0.6) is 0 Å². The Labute approximate surface area is 130 Å². The fraction of sp³-hybridized carbons (Fsp3) is 0.867. The Hall–Kier alpha value is -0.910. The number of nitrogens with zero attached hydrogens (tertiary/aromatic N) is 1. The van der Waals surface area contributed by atoms with Gasteiger partial charge in [0, 0.05) is 12.3 Å². The number of hydrogen-bond acceptors (Lipinski definition) is 3. The molecular formula is C15H26N2O3S. The summed E-state index contributed by atoms with van der Waals surface area (Å²) < 4.78 is 0. The third-order valence-electron chi connectivity index (χ3n) is 4.06. The van der Waals surface area contributed by atoms with Gasteiger partial charge in [0.1, 0.15) is 6.04 Å². The summed E-state index contributed by atoms with van der Waals surface area (Å²) in [6.07, 6.45) is 5.44. The van der Waals surface area contributed by atoms with Crippen LogP contribution in [0.25, 0.3) is 0 Å². The van der Waals surface area contributed by atoms with Crippen molar-refractivity contribution < 1.29 is 14.7 Å². The normalized spacial score (nSPS) is 25.4. The SMILES string of the molecule is CC(C)CCCCNC(=O)N1C(C(=O)O)CSC1C1CC1. The van der Waals surface area contributed by atoms with E-state index < -0.39 is 12.0 Å². The summed E-state index contributed by atoms with van der Waals surface area (Å²) in [5, 5.41) is 12.3. The summed E-state index contributed by atoms with van der Waals surface area (Å²) in [6.45, 7) is 5.02. The first kappa shape index (κ1) is 16.5. The van der Waals surface area contributed by atoms with Gasteiger partial charge in [-0.1, -0.05) is 26.7 Å². The number of carboxylic acids is 1. The van der Waals surface area contributed by atoms with E-state index >= 15 is 0 Å². The predicted molar refractivity (Wildman–Crippen MR) is 84.3 cm³/mol. The molecule has 2 unspecified atom stereocenters. The van der Waals surface area contributed by atoms with Gasteiger partial charge in [0.25, 0.3) is 0 Å². The highest BCUT2D eigenvalue weighted by atomic mass is 32.2. The third-order valence-corrected chi connectivity index (χ3v) is 5.53. The smallest absolute Gasteiger partial charge is 0.327 e. The van der Waals surface area contributed by atoms with Gasteiger partial charge in [-0.2, -0.15) is 0 Å².